The molecular formula is C8H7KOS. The third-order valence-electron chi connectivity index (χ3n) is 1.13. The number of rotatable bonds is 1. The first-order valence-electron chi connectivity index (χ1n) is 2.90. The van der Waals surface area contributed by atoms with Crippen molar-refractivity contribution >= 4 is 18.7 Å². The Morgan fingerprint density at radius 1 is 1.36 bits per heavy atom. The third kappa shape index (κ3) is 4.35. The minimum atomic E-state index is 0. The van der Waals surface area contributed by atoms with Gasteiger partial charge in [-0.15, -0.1) is 18.9 Å². The van der Waals surface area contributed by atoms with Crippen LogP contribution >= 0.6 is 12.6 Å². The summed E-state index contributed by atoms with van der Waals surface area (Å²) in [6, 6.07) is 7.41. The molecule has 11 heavy (non-hydrogen) atoms. The molecule has 0 amide bonds. The van der Waals surface area contributed by atoms with Crippen LogP contribution in [0.25, 0.3) is 6.08 Å². The minimum absolute atomic E-state index is 0. The van der Waals surface area contributed by atoms with Crippen LogP contribution in [-0.4, -0.2) is 0 Å². The van der Waals surface area contributed by atoms with Crippen LogP contribution in [0, 0.1) is 0 Å². The predicted octanol–water partition coefficient (Wildman–Crippen LogP) is -1.69. The van der Waals surface area contributed by atoms with E-state index in [0.717, 1.165) is 16.7 Å². The fourth-order valence-corrected chi connectivity index (χ4v) is 0.942. The van der Waals surface area contributed by atoms with Gasteiger partial charge in [0.15, 0.2) is 0 Å². The van der Waals surface area contributed by atoms with E-state index in [2.05, 4.69) is 12.6 Å². The molecule has 0 aliphatic heterocycles. The second kappa shape index (κ2) is 6.28. The van der Waals surface area contributed by atoms with E-state index in [1.165, 1.54) is 6.08 Å². The van der Waals surface area contributed by atoms with Gasteiger partial charge in [-0.1, -0.05) is 18.2 Å². The zero-order valence-electron chi connectivity index (χ0n) is 6.32. The second-order valence-electron chi connectivity index (χ2n) is 1.90. The van der Waals surface area contributed by atoms with Gasteiger partial charge in [-0.3, -0.25) is 0 Å². The summed E-state index contributed by atoms with van der Waals surface area (Å²) in [7, 11) is 0. The summed E-state index contributed by atoms with van der Waals surface area (Å²) in [4.78, 5) is 0.871. The molecule has 0 fully saturated rings. The van der Waals surface area contributed by atoms with Crippen LogP contribution in [0.2, 0.25) is 0 Å². The number of hydrogen-bond donors (Lipinski definition) is 1. The van der Waals surface area contributed by atoms with Gasteiger partial charge in [-0.25, -0.2) is 0 Å². The van der Waals surface area contributed by atoms with E-state index in [9.17, 15) is 5.11 Å². The minimum Gasteiger partial charge on any atom is -0.878 e. The Morgan fingerprint density at radius 2 is 2.09 bits per heavy atom. The van der Waals surface area contributed by atoms with E-state index < -0.39 is 0 Å². The van der Waals surface area contributed by atoms with Crippen molar-refractivity contribution in [3.8, 4) is 0 Å². The largest absolute Gasteiger partial charge is 1.00 e. The molecule has 0 saturated carbocycles. The molecule has 0 unspecified atom stereocenters. The number of thiol groups is 1. The maximum atomic E-state index is 10.0. The first-order chi connectivity index (χ1) is 4.83. The number of hydrogen-bond acceptors (Lipinski definition) is 2. The summed E-state index contributed by atoms with van der Waals surface area (Å²) in [6.07, 6.45) is 2.27. The molecule has 0 radical (unpaired) electrons. The fourth-order valence-electron chi connectivity index (χ4n) is 0.707. The van der Waals surface area contributed by atoms with Crippen molar-refractivity contribution in [3.63, 3.8) is 0 Å². The summed E-state index contributed by atoms with van der Waals surface area (Å²) in [5.74, 6) is 0. The molecule has 3 heteroatoms. The van der Waals surface area contributed by atoms with E-state index in [-0.39, 0.29) is 51.4 Å². The van der Waals surface area contributed by atoms with Gasteiger partial charge in [0.2, 0.25) is 0 Å². The Kier molecular flexibility index (Phi) is 6.71. The first kappa shape index (κ1) is 11.7. The van der Waals surface area contributed by atoms with Crippen molar-refractivity contribution in [2.45, 2.75) is 4.90 Å². The molecule has 52 valence electrons. The van der Waals surface area contributed by atoms with Crippen molar-refractivity contribution in [2.75, 3.05) is 0 Å². The van der Waals surface area contributed by atoms with Gasteiger partial charge in [0.05, 0.1) is 0 Å². The van der Waals surface area contributed by atoms with Gasteiger partial charge in [0.25, 0.3) is 0 Å². The van der Waals surface area contributed by atoms with Crippen molar-refractivity contribution in [3.05, 3.63) is 36.1 Å². The first-order valence-corrected chi connectivity index (χ1v) is 3.35. The molecule has 1 nitrogen and oxygen atoms in total. The summed E-state index contributed by atoms with van der Waals surface area (Å²) in [6.45, 7) is 0. The zero-order chi connectivity index (χ0) is 7.40. The maximum absolute atomic E-state index is 10.0. The Balaban J connectivity index is 0.000001000. The average molecular weight is 190 g/mol. The van der Waals surface area contributed by atoms with Crippen LogP contribution in [-0.2, 0) is 0 Å². The van der Waals surface area contributed by atoms with Crippen LogP contribution < -0.4 is 56.5 Å². The molecule has 1 aromatic carbocycles. The number of benzene rings is 1. The maximum Gasteiger partial charge on any atom is 1.00 e. The Bertz CT molecular complexity index is 248. The van der Waals surface area contributed by atoms with E-state index in [1.54, 1.807) is 0 Å². The Morgan fingerprint density at radius 3 is 2.64 bits per heavy atom. The zero-order valence-corrected chi connectivity index (χ0v) is 10.3. The van der Waals surface area contributed by atoms with Crippen LogP contribution in [0.4, 0.5) is 0 Å². The molecule has 1 aromatic rings. The van der Waals surface area contributed by atoms with E-state index in [4.69, 9.17) is 0 Å². The topological polar surface area (TPSA) is 23.1 Å². The molecule has 1 rings (SSSR count). The van der Waals surface area contributed by atoms with E-state index >= 15 is 0 Å². The molecule has 0 aliphatic rings. The summed E-state index contributed by atoms with van der Waals surface area (Å²) >= 11 is 4.11. The van der Waals surface area contributed by atoms with Crippen LogP contribution in [0.3, 0.4) is 0 Å². The van der Waals surface area contributed by atoms with Crippen molar-refractivity contribution in [2.24, 2.45) is 0 Å². The fraction of sp³-hybridized carbons (Fsp3) is 0. The van der Waals surface area contributed by atoms with Gasteiger partial charge in [-0.05, 0) is 17.7 Å². The van der Waals surface area contributed by atoms with Crippen LogP contribution in [0.1, 0.15) is 5.56 Å². The van der Waals surface area contributed by atoms with Crippen LogP contribution in [0.15, 0.2) is 35.4 Å². The van der Waals surface area contributed by atoms with Gasteiger partial charge in [0.1, 0.15) is 0 Å². The van der Waals surface area contributed by atoms with Gasteiger partial charge in [0, 0.05) is 4.90 Å². The quantitative estimate of drug-likeness (QED) is 0.319. The van der Waals surface area contributed by atoms with Crippen molar-refractivity contribution in [1.29, 1.82) is 0 Å². The molecule has 0 heterocycles. The molecule has 0 spiro atoms. The normalized spacial score (nSPS) is 9.55. The molecular weight excluding hydrogens is 183 g/mol. The molecule has 0 saturated heterocycles. The summed E-state index contributed by atoms with van der Waals surface area (Å²) < 4.78 is 0. The van der Waals surface area contributed by atoms with Crippen LogP contribution in [0.5, 0.6) is 0 Å². The van der Waals surface area contributed by atoms with E-state index in [1.807, 2.05) is 24.3 Å². The third-order valence-corrected chi connectivity index (χ3v) is 1.41. The smallest absolute Gasteiger partial charge is 0.878 e. The van der Waals surface area contributed by atoms with Crippen molar-refractivity contribution < 1.29 is 56.5 Å². The molecule has 0 aliphatic carbocycles. The molecule has 0 N–H and O–H groups in total. The standard InChI is InChI=1S/C8H8OS.K/c9-5-4-7-2-1-3-8(10)6-7;/h1-6,9-10H;/q;+1/p-1/b5-4+;. The van der Waals surface area contributed by atoms with Gasteiger partial charge in [-0.2, -0.15) is 0 Å². The van der Waals surface area contributed by atoms with Gasteiger partial charge < -0.3 is 5.11 Å². The molecule has 0 atom stereocenters. The molecule has 0 aromatic heterocycles. The average Bonchev–Trinajstić information content (AvgIpc) is 1.88. The summed E-state index contributed by atoms with van der Waals surface area (Å²) in [5.41, 5.74) is 0.891. The Labute approximate surface area is 114 Å². The predicted molar refractivity (Wildman–Crippen MR) is 42.7 cm³/mol. The van der Waals surface area contributed by atoms with Gasteiger partial charge >= 0.3 is 51.4 Å². The Hall–Kier alpha value is 0.746. The molecule has 0 bridgehead atoms. The summed E-state index contributed by atoms with van der Waals surface area (Å²) in [5, 5.41) is 10.0. The monoisotopic (exact) mass is 190 g/mol. The SMILES string of the molecule is [K+].[O-]/C=C/c1cccc(S)c1. The second-order valence-corrected chi connectivity index (χ2v) is 2.41. The van der Waals surface area contributed by atoms with E-state index in [0.29, 0.717) is 0 Å². The van der Waals surface area contributed by atoms with Crippen molar-refractivity contribution in [1.82, 2.24) is 0 Å².